The highest BCUT2D eigenvalue weighted by atomic mass is 32.2. The highest BCUT2D eigenvalue weighted by Crippen LogP contribution is 2.27. The average Bonchev–Trinajstić information content (AvgIpc) is 2.28. The number of rotatable bonds is 2. The van der Waals surface area contributed by atoms with Crippen molar-refractivity contribution >= 4 is 10.8 Å². The molecule has 17 heavy (non-hydrogen) atoms. The fraction of sp³-hybridized carbons (Fsp3) is 0.571. The molecule has 2 nitrogen and oxygen atoms in total. The molecule has 1 aromatic carbocycles. The van der Waals surface area contributed by atoms with Crippen molar-refractivity contribution in [3.8, 4) is 0 Å². The van der Waals surface area contributed by atoms with Gasteiger partial charge in [0.25, 0.3) is 0 Å². The zero-order valence-electron chi connectivity index (χ0n) is 10.6. The number of nitrogens with two attached hydrogens (primary N) is 1. The van der Waals surface area contributed by atoms with E-state index < -0.39 is 10.8 Å². The first-order valence-corrected chi connectivity index (χ1v) is 7.52. The van der Waals surface area contributed by atoms with E-state index in [9.17, 15) is 4.21 Å². The second-order valence-electron chi connectivity index (χ2n) is 5.12. The molecule has 2 N–H and O–H groups in total. The van der Waals surface area contributed by atoms with Crippen LogP contribution in [0.1, 0.15) is 36.8 Å². The summed E-state index contributed by atoms with van der Waals surface area (Å²) in [5.74, 6) is 0. The lowest BCUT2D eigenvalue weighted by Gasteiger charge is -2.26. The van der Waals surface area contributed by atoms with Crippen LogP contribution in [0.4, 0.5) is 0 Å². The van der Waals surface area contributed by atoms with Crippen LogP contribution >= 0.6 is 0 Å². The average molecular weight is 251 g/mol. The fourth-order valence-electron chi connectivity index (χ4n) is 2.58. The molecule has 1 aromatic rings. The summed E-state index contributed by atoms with van der Waals surface area (Å²) in [7, 11) is -0.890. The Kier molecular flexibility index (Phi) is 4.00. The molecule has 1 aliphatic carbocycles. The molecular formula is C14H21NOS. The van der Waals surface area contributed by atoms with Crippen LogP contribution in [0.5, 0.6) is 0 Å². The van der Waals surface area contributed by atoms with E-state index in [1.807, 2.05) is 19.1 Å². The van der Waals surface area contributed by atoms with Gasteiger partial charge >= 0.3 is 0 Å². The van der Waals surface area contributed by atoms with E-state index in [4.69, 9.17) is 5.73 Å². The van der Waals surface area contributed by atoms with Crippen molar-refractivity contribution in [2.75, 3.05) is 0 Å². The molecule has 94 valence electrons. The molecule has 3 atom stereocenters. The summed E-state index contributed by atoms with van der Waals surface area (Å²) in [5.41, 5.74) is 8.34. The van der Waals surface area contributed by atoms with Gasteiger partial charge in [-0.15, -0.1) is 0 Å². The van der Waals surface area contributed by atoms with Crippen LogP contribution in [-0.4, -0.2) is 15.5 Å². The van der Waals surface area contributed by atoms with Gasteiger partial charge in [0.2, 0.25) is 0 Å². The molecule has 1 saturated carbocycles. The largest absolute Gasteiger partial charge is 0.328 e. The molecule has 0 spiro atoms. The SMILES string of the molecule is Cc1ccc(S(=O)C2CCCC(N)C2)c(C)c1. The second-order valence-corrected chi connectivity index (χ2v) is 6.82. The van der Waals surface area contributed by atoms with Crippen molar-refractivity contribution in [1.82, 2.24) is 0 Å². The smallest absolute Gasteiger partial charge is 0.0564 e. The van der Waals surface area contributed by atoms with Gasteiger partial charge in [-0.05, 0) is 44.7 Å². The monoisotopic (exact) mass is 251 g/mol. The van der Waals surface area contributed by atoms with Crippen LogP contribution in [0.3, 0.4) is 0 Å². The van der Waals surface area contributed by atoms with Crippen LogP contribution in [0.15, 0.2) is 23.1 Å². The van der Waals surface area contributed by atoms with E-state index >= 15 is 0 Å². The van der Waals surface area contributed by atoms with Gasteiger partial charge in [0.05, 0.1) is 10.8 Å². The van der Waals surface area contributed by atoms with Crippen molar-refractivity contribution in [1.29, 1.82) is 0 Å². The molecule has 0 heterocycles. The Hall–Kier alpha value is -0.670. The summed E-state index contributed by atoms with van der Waals surface area (Å²) in [6.45, 7) is 4.11. The van der Waals surface area contributed by atoms with Crippen LogP contribution in [-0.2, 0) is 10.8 Å². The molecule has 0 amide bonds. The summed E-state index contributed by atoms with van der Waals surface area (Å²) in [5, 5.41) is 0.250. The predicted molar refractivity (Wildman–Crippen MR) is 72.6 cm³/mol. The summed E-state index contributed by atoms with van der Waals surface area (Å²) in [6.07, 6.45) is 4.15. The van der Waals surface area contributed by atoms with Crippen molar-refractivity contribution < 1.29 is 4.21 Å². The van der Waals surface area contributed by atoms with Gasteiger partial charge in [-0.3, -0.25) is 4.21 Å². The van der Waals surface area contributed by atoms with E-state index in [1.54, 1.807) is 0 Å². The second kappa shape index (κ2) is 5.32. The third-order valence-electron chi connectivity index (χ3n) is 3.52. The maximum Gasteiger partial charge on any atom is 0.0564 e. The molecule has 0 saturated heterocycles. The minimum atomic E-state index is -0.890. The lowest BCUT2D eigenvalue weighted by molar-refractivity contribution is 0.444. The van der Waals surface area contributed by atoms with Crippen molar-refractivity contribution in [2.24, 2.45) is 5.73 Å². The quantitative estimate of drug-likeness (QED) is 0.878. The minimum absolute atomic E-state index is 0.239. The maximum atomic E-state index is 12.5. The lowest BCUT2D eigenvalue weighted by Crippen LogP contribution is -2.33. The third kappa shape index (κ3) is 2.96. The normalized spacial score (nSPS) is 26.8. The van der Waals surface area contributed by atoms with Gasteiger partial charge in [-0.2, -0.15) is 0 Å². The van der Waals surface area contributed by atoms with Crippen molar-refractivity contribution in [3.05, 3.63) is 29.3 Å². The summed E-state index contributed by atoms with van der Waals surface area (Å²) in [6, 6.07) is 6.41. The third-order valence-corrected chi connectivity index (χ3v) is 5.44. The Morgan fingerprint density at radius 1 is 1.29 bits per heavy atom. The van der Waals surface area contributed by atoms with E-state index in [0.29, 0.717) is 0 Å². The minimum Gasteiger partial charge on any atom is -0.328 e. The molecule has 2 rings (SSSR count). The van der Waals surface area contributed by atoms with Crippen LogP contribution in [0.2, 0.25) is 0 Å². The van der Waals surface area contributed by atoms with Gasteiger partial charge in [-0.25, -0.2) is 0 Å². The molecule has 0 aliphatic heterocycles. The first kappa shape index (κ1) is 12.8. The van der Waals surface area contributed by atoms with E-state index in [0.717, 1.165) is 36.1 Å². The Balaban J connectivity index is 2.18. The van der Waals surface area contributed by atoms with Gasteiger partial charge < -0.3 is 5.73 Å². The predicted octanol–water partition coefficient (Wildman–Crippen LogP) is 2.68. The standard InChI is InChI=1S/C14H21NOS/c1-10-6-7-14(11(2)8-10)17(16)13-5-3-4-12(15)9-13/h6-8,12-13H,3-5,9,15H2,1-2H3. The molecule has 0 aromatic heterocycles. The van der Waals surface area contributed by atoms with Crippen molar-refractivity contribution in [3.63, 3.8) is 0 Å². The topological polar surface area (TPSA) is 43.1 Å². The summed E-state index contributed by atoms with van der Waals surface area (Å²) >= 11 is 0. The zero-order chi connectivity index (χ0) is 12.4. The van der Waals surface area contributed by atoms with Gasteiger partial charge in [-0.1, -0.05) is 24.1 Å². The summed E-state index contributed by atoms with van der Waals surface area (Å²) < 4.78 is 12.5. The number of hydrogen-bond acceptors (Lipinski definition) is 2. The zero-order valence-corrected chi connectivity index (χ0v) is 11.4. The molecule has 1 aliphatic rings. The number of aryl methyl sites for hydroxylation is 2. The van der Waals surface area contributed by atoms with Crippen LogP contribution in [0.25, 0.3) is 0 Å². The highest BCUT2D eigenvalue weighted by Gasteiger charge is 2.25. The molecule has 0 radical (unpaired) electrons. The lowest BCUT2D eigenvalue weighted by atomic mass is 9.96. The molecule has 0 bridgehead atoms. The molecule has 1 fully saturated rings. The Labute approximate surface area is 106 Å². The number of hydrogen-bond donors (Lipinski definition) is 1. The Morgan fingerprint density at radius 2 is 2.06 bits per heavy atom. The molecule has 3 heteroatoms. The Bertz CT molecular complexity index is 430. The Morgan fingerprint density at radius 3 is 2.71 bits per heavy atom. The van der Waals surface area contributed by atoms with Crippen LogP contribution in [0, 0.1) is 13.8 Å². The van der Waals surface area contributed by atoms with Gasteiger partial charge in [0, 0.05) is 16.2 Å². The molecular weight excluding hydrogens is 230 g/mol. The van der Waals surface area contributed by atoms with Gasteiger partial charge in [0.1, 0.15) is 0 Å². The van der Waals surface area contributed by atoms with Gasteiger partial charge in [0.15, 0.2) is 0 Å². The fourth-order valence-corrected chi connectivity index (χ4v) is 4.32. The first-order valence-electron chi connectivity index (χ1n) is 6.31. The van der Waals surface area contributed by atoms with E-state index in [2.05, 4.69) is 13.0 Å². The first-order chi connectivity index (χ1) is 8.08. The van der Waals surface area contributed by atoms with Crippen molar-refractivity contribution in [2.45, 2.75) is 55.7 Å². The van der Waals surface area contributed by atoms with E-state index in [1.165, 1.54) is 5.56 Å². The summed E-state index contributed by atoms with van der Waals surface area (Å²) in [4.78, 5) is 0.995. The number of benzene rings is 1. The van der Waals surface area contributed by atoms with Crippen LogP contribution < -0.4 is 5.73 Å². The highest BCUT2D eigenvalue weighted by molar-refractivity contribution is 7.85. The maximum absolute atomic E-state index is 12.5. The van der Waals surface area contributed by atoms with E-state index in [-0.39, 0.29) is 11.3 Å². The molecule has 3 unspecified atom stereocenters.